The Hall–Kier alpha value is -1.71. The van der Waals surface area contributed by atoms with Crippen molar-refractivity contribution in [2.75, 3.05) is 19.4 Å². The van der Waals surface area contributed by atoms with E-state index in [1.165, 1.54) is 49.7 Å². The number of hydrogen-bond donors (Lipinski definition) is 1. The summed E-state index contributed by atoms with van der Waals surface area (Å²) in [5, 5.41) is 3.78. The number of halogens is 2. The van der Waals surface area contributed by atoms with E-state index in [1.807, 2.05) is 0 Å². The fourth-order valence-corrected chi connectivity index (χ4v) is 4.34. The van der Waals surface area contributed by atoms with Crippen molar-refractivity contribution in [2.24, 2.45) is 0 Å². The number of sulfonamides is 1. The number of hydrogen-bond acceptors (Lipinski definition) is 5. The molecule has 3 aromatic rings. The van der Waals surface area contributed by atoms with E-state index in [0.717, 1.165) is 9.01 Å². The summed E-state index contributed by atoms with van der Waals surface area (Å²) in [7, 11) is -0.650. The van der Waals surface area contributed by atoms with Crippen LogP contribution in [-0.2, 0) is 10.0 Å². The van der Waals surface area contributed by atoms with Gasteiger partial charge in [0.25, 0.3) is 5.91 Å². The highest BCUT2D eigenvalue weighted by Crippen LogP contribution is 2.35. The maximum absolute atomic E-state index is 12.4. The summed E-state index contributed by atoms with van der Waals surface area (Å²) in [4.78, 5) is 16.8. The smallest absolute Gasteiger partial charge is 0.257 e. The summed E-state index contributed by atoms with van der Waals surface area (Å²) in [6.07, 6.45) is 0. The van der Waals surface area contributed by atoms with Crippen molar-refractivity contribution in [2.45, 2.75) is 4.90 Å². The Labute approximate surface area is 164 Å². The van der Waals surface area contributed by atoms with E-state index in [9.17, 15) is 13.2 Å². The van der Waals surface area contributed by atoms with Crippen molar-refractivity contribution >= 4 is 65.8 Å². The second kappa shape index (κ2) is 7.13. The van der Waals surface area contributed by atoms with Crippen LogP contribution >= 0.6 is 34.5 Å². The average Bonchev–Trinajstić information content (AvgIpc) is 3.01. The molecule has 2 aromatic carbocycles. The lowest BCUT2D eigenvalue weighted by molar-refractivity contribution is 0.102. The molecule has 0 bridgehead atoms. The fourth-order valence-electron chi connectivity index (χ4n) is 2.15. The Morgan fingerprint density at radius 3 is 2.38 bits per heavy atom. The number of anilines is 1. The van der Waals surface area contributed by atoms with E-state index in [-0.39, 0.29) is 4.90 Å². The standard InChI is InChI=1S/C16H13Cl2N3O3S2/c1-21(2)26(23,24)10-5-3-9(4-6-10)15(22)20-16-19-14-12(25-16)8-7-11(17)13(14)18/h3-8H,1-2H3,(H,19,20,22). The molecule has 0 saturated carbocycles. The largest absolute Gasteiger partial charge is 0.298 e. The molecule has 1 aromatic heterocycles. The molecule has 0 fully saturated rings. The van der Waals surface area contributed by atoms with Gasteiger partial charge < -0.3 is 0 Å². The van der Waals surface area contributed by atoms with Gasteiger partial charge in [-0.05, 0) is 36.4 Å². The van der Waals surface area contributed by atoms with Gasteiger partial charge in [-0.1, -0.05) is 34.5 Å². The molecule has 1 amide bonds. The van der Waals surface area contributed by atoms with Crippen LogP contribution in [0.25, 0.3) is 10.2 Å². The first kappa shape index (κ1) is 19.1. The van der Waals surface area contributed by atoms with E-state index in [0.29, 0.717) is 26.3 Å². The van der Waals surface area contributed by atoms with Crippen molar-refractivity contribution in [1.82, 2.24) is 9.29 Å². The molecule has 0 radical (unpaired) electrons. The third-order valence-electron chi connectivity index (χ3n) is 3.57. The molecule has 0 saturated heterocycles. The van der Waals surface area contributed by atoms with E-state index in [2.05, 4.69) is 10.3 Å². The highest BCUT2D eigenvalue weighted by atomic mass is 35.5. The Morgan fingerprint density at radius 2 is 1.77 bits per heavy atom. The van der Waals surface area contributed by atoms with Gasteiger partial charge in [0.1, 0.15) is 5.52 Å². The molecule has 0 aliphatic carbocycles. The first-order valence-electron chi connectivity index (χ1n) is 7.28. The topological polar surface area (TPSA) is 79.4 Å². The zero-order chi connectivity index (χ0) is 19.1. The zero-order valence-corrected chi connectivity index (χ0v) is 16.8. The third kappa shape index (κ3) is 3.56. The van der Waals surface area contributed by atoms with Crippen LogP contribution in [0.15, 0.2) is 41.3 Å². The van der Waals surface area contributed by atoms with Crippen LogP contribution < -0.4 is 5.32 Å². The summed E-state index contributed by atoms with van der Waals surface area (Å²) in [6.45, 7) is 0. The molecule has 10 heteroatoms. The lowest BCUT2D eigenvalue weighted by Gasteiger charge is -2.11. The van der Waals surface area contributed by atoms with Gasteiger partial charge in [0.15, 0.2) is 5.13 Å². The van der Waals surface area contributed by atoms with Gasteiger partial charge in [-0.2, -0.15) is 0 Å². The first-order valence-corrected chi connectivity index (χ1v) is 10.3. The normalized spacial score (nSPS) is 11.9. The Morgan fingerprint density at radius 1 is 1.12 bits per heavy atom. The second-order valence-electron chi connectivity index (χ2n) is 5.49. The average molecular weight is 430 g/mol. The minimum Gasteiger partial charge on any atom is -0.298 e. The highest BCUT2D eigenvalue weighted by molar-refractivity contribution is 7.89. The van der Waals surface area contributed by atoms with Crippen molar-refractivity contribution in [3.05, 3.63) is 52.0 Å². The molecule has 26 heavy (non-hydrogen) atoms. The minimum absolute atomic E-state index is 0.112. The Balaban J connectivity index is 1.83. The molecule has 0 atom stereocenters. The van der Waals surface area contributed by atoms with Gasteiger partial charge in [-0.3, -0.25) is 10.1 Å². The van der Waals surface area contributed by atoms with Crippen molar-refractivity contribution in [3.63, 3.8) is 0 Å². The molecule has 1 N–H and O–H groups in total. The quantitative estimate of drug-likeness (QED) is 0.676. The van der Waals surface area contributed by atoms with Gasteiger partial charge in [0, 0.05) is 19.7 Å². The first-order chi connectivity index (χ1) is 12.2. The van der Waals surface area contributed by atoms with Crippen LogP contribution in [-0.4, -0.2) is 37.7 Å². The lowest BCUT2D eigenvalue weighted by Crippen LogP contribution is -2.22. The number of aromatic nitrogens is 1. The molecule has 0 spiro atoms. The molecule has 3 rings (SSSR count). The summed E-state index contributed by atoms with van der Waals surface area (Å²) < 4.78 is 26.0. The molecule has 1 heterocycles. The number of rotatable bonds is 4. The number of fused-ring (bicyclic) bond motifs is 1. The van der Waals surface area contributed by atoms with E-state index < -0.39 is 15.9 Å². The number of carbonyl (C=O) groups excluding carboxylic acids is 1. The molecular weight excluding hydrogens is 417 g/mol. The van der Waals surface area contributed by atoms with Crippen LogP contribution in [0.3, 0.4) is 0 Å². The molecular formula is C16H13Cl2N3O3S2. The van der Waals surface area contributed by atoms with Gasteiger partial charge in [0.2, 0.25) is 10.0 Å². The predicted molar refractivity (Wildman–Crippen MR) is 105 cm³/mol. The van der Waals surface area contributed by atoms with Crippen LogP contribution in [0, 0.1) is 0 Å². The molecule has 136 valence electrons. The van der Waals surface area contributed by atoms with Crippen molar-refractivity contribution in [3.8, 4) is 0 Å². The van der Waals surface area contributed by atoms with E-state index >= 15 is 0 Å². The zero-order valence-electron chi connectivity index (χ0n) is 13.7. The number of nitrogens with one attached hydrogen (secondary N) is 1. The number of nitrogens with zero attached hydrogens (tertiary/aromatic N) is 2. The van der Waals surface area contributed by atoms with Crippen LogP contribution in [0.5, 0.6) is 0 Å². The van der Waals surface area contributed by atoms with E-state index in [4.69, 9.17) is 23.2 Å². The van der Waals surface area contributed by atoms with Crippen molar-refractivity contribution < 1.29 is 13.2 Å². The summed E-state index contributed by atoms with van der Waals surface area (Å²) in [5.74, 6) is -0.403. The minimum atomic E-state index is -3.54. The Kier molecular flexibility index (Phi) is 5.23. The van der Waals surface area contributed by atoms with Crippen LogP contribution in [0.2, 0.25) is 10.0 Å². The summed E-state index contributed by atoms with van der Waals surface area (Å²) in [6, 6.07) is 9.11. The molecule has 0 unspecified atom stereocenters. The van der Waals surface area contributed by atoms with Crippen LogP contribution in [0.1, 0.15) is 10.4 Å². The Bertz CT molecular complexity index is 1090. The third-order valence-corrected chi connectivity index (χ3v) is 7.13. The maximum atomic E-state index is 12.4. The highest BCUT2D eigenvalue weighted by Gasteiger charge is 2.18. The molecule has 0 aliphatic rings. The lowest BCUT2D eigenvalue weighted by atomic mass is 10.2. The van der Waals surface area contributed by atoms with Crippen LogP contribution in [0.4, 0.5) is 5.13 Å². The monoisotopic (exact) mass is 429 g/mol. The van der Waals surface area contributed by atoms with Crippen molar-refractivity contribution in [1.29, 1.82) is 0 Å². The summed E-state index contributed by atoms with van der Waals surface area (Å²) in [5.41, 5.74) is 0.831. The van der Waals surface area contributed by atoms with Gasteiger partial charge in [0.05, 0.1) is 19.6 Å². The molecule has 0 aliphatic heterocycles. The molecule has 6 nitrogen and oxygen atoms in total. The predicted octanol–water partition coefficient (Wildman–Crippen LogP) is 4.11. The second-order valence-corrected chi connectivity index (χ2v) is 9.46. The number of carbonyl (C=O) groups is 1. The van der Waals surface area contributed by atoms with Gasteiger partial charge in [-0.15, -0.1) is 0 Å². The van der Waals surface area contributed by atoms with Gasteiger partial charge in [-0.25, -0.2) is 17.7 Å². The van der Waals surface area contributed by atoms with Gasteiger partial charge >= 0.3 is 0 Å². The van der Waals surface area contributed by atoms with E-state index in [1.54, 1.807) is 12.1 Å². The number of thiazole rings is 1. The SMILES string of the molecule is CN(C)S(=O)(=O)c1ccc(C(=O)Nc2nc3c(Cl)c(Cl)ccc3s2)cc1. The number of amides is 1. The maximum Gasteiger partial charge on any atom is 0.257 e. The fraction of sp³-hybridized carbons (Fsp3) is 0.125. The summed E-state index contributed by atoms with van der Waals surface area (Å²) >= 11 is 13.3. The number of benzene rings is 2.